The number of hydrogen-bond donors (Lipinski definition) is 2. The number of carbonyl (C=O) groups excluding carboxylic acids is 2. The number of halogens is 4. The van der Waals surface area contributed by atoms with E-state index < -0.39 is 23.6 Å². The second-order valence-corrected chi connectivity index (χ2v) is 6.09. The molecule has 2 rings (SSSR count). The Kier molecular flexibility index (Phi) is 5.86. The molecule has 1 aromatic heterocycles. The third-order valence-corrected chi connectivity index (χ3v) is 3.51. The zero-order valence-electron chi connectivity index (χ0n) is 13.8. The summed E-state index contributed by atoms with van der Waals surface area (Å²) in [5.74, 6) is -1.25. The standard InChI is InChI=1S/C17H15ClF3N3O2/c1-9(2)22-15(25)12-4-3-5-13(23-12)16(26)24-14-8-10(17(19,20)21)6-7-11(14)18/h3-9H,1-2H3,(H,22,25)(H,24,26). The van der Waals surface area contributed by atoms with Gasteiger partial charge < -0.3 is 10.6 Å². The minimum absolute atomic E-state index is 0.0153. The molecule has 138 valence electrons. The molecule has 2 aromatic rings. The molecular weight excluding hydrogens is 371 g/mol. The predicted octanol–water partition coefficient (Wildman–Crippen LogP) is 4.14. The molecule has 1 aromatic carbocycles. The van der Waals surface area contributed by atoms with Crippen molar-refractivity contribution in [1.29, 1.82) is 0 Å². The number of aromatic nitrogens is 1. The van der Waals surface area contributed by atoms with Crippen LogP contribution in [0.1, 0.15) is 40.4 Å². The van der Waals surface area contributed by atoms with Crippen LogP contribution in [0, 0.1) is 0 Å². The lowest BCUT2D eigenvalue weighted by molar-refractivity contribution is -0.137. The zero-order valence-corrected chi connectivity index (χ0v) is 14.6. The molecule has 0 unspecified atom stereocenters. The Morgan fingerprint density at radius 3 is 2.27 bits per heavy atom. The van der Waals surface area contributed by atoms with Gasteiger partial charge in [-0.3, -0.25) is 9.59 Å². The summed E-state index contributed by atoms with van der Waals surface area (Å²) in [6.07, 6.45) is -4.57. The molecule has 0 aliphatic carbocycles. The van der Waals surface area contributed by atoms with Crippen LogP contribution < -0.4 is 10.6 Å². The van der Waals surface area contributed by atoms with Gasteiger partial charge in [-0.2, -0.15) is 13.2 Å². The number of anilines is 1. The van der Waals surface area contributed by atoms with E-state index in [4.69, 9.17) is 11.6 Å². The second-order valence-electron chi connectivity index (χ2n) is 5.68. The molecule has 9 heteroatoms. The molecule has 0 fully saturated rings. The summed E-state index contributed by atoms with van der Waals surface area (Å²) in [4.78, 5) is 28.2. The summed E-state index contributed by atoms with van der Waals surface area (Å²) in [6.45, 7) is 3.54. The number of nitrogens with one attached hydrogen (secondary N) is 2. The number of pyridine rings is 1. The van der Waals surface area contributed by atoms with Crippen LogP contribution in [-0.4, -0.2) is 22.8 Å². The molecule has 26 heavy (non-hydrogen) atoms. The Labute approximate surface area is 152 Å². The van der Waals surface area contributed by atoms with Crippen molar-refractivity contribution < 1.29 is 22.8 Å². The Morgan fingerprint density at radius 1 is 1.08 bits per heavy atom. The minimum Gasteiger partial charge on any atom is -0.349 e. The van der Waals surface area contributed by atoms with E-state index in [1.807, 2.05) is 0 Å². The summed E-state index contributed by atoms with van der Waals surface area (Å²) < 4.78 is 38.4. The molecule has 5 nitrogen and oxygen atoms in total. The normalized spacial score (nSPS) is 11.3. The van der Waals surface area contributed by atoms with E-state index in [0.717, 1.165) is 18.2 Å². The van der Waals surface area contributed by atoms with E-state index in [1.54, 1.807) is 13.8 Å². The molecule has 2 amide bonds. The molecule has 0 saturated heterocycles. The number of amides is 2. The van der Waals surface area contributed by atoms with Crippen molar-refractivity contribution in [3.63, 3.8) is 0 Å². The number of hydrogen-bond acceptors (Lipinski definition) is 3. The Bertz CT molecular complexity index is 838. The highest BCUT2D eigenvalue weighted by molar-refractivity contribution is 6.33. The van der Waals surface area contributed by atoms with Gasteiger partial charge in [-0.1, -0.05) is 17.7 Å². The highest BCUT2D eigenvalue weighted by Crippen LogP contribution is 2.33. The van der Waals surface area contributed by atoms with Gasteiger partial charge >= 0.3 is 6.18 Å². The van der Waals surface area contributed by atoms with Gasteiger partial charge in [0.1, 0.15) is 11.4 Å². The zero-order chi connectivity index (χ0) is 19.5. The lowest BCUT2D eigenvalue weighted by atomic mass is 10.2. The van der Waals surface area contributed by atoms with Crippen LogP contribution in [0.3, 0.4) is 0 Å². The topological polar surface area (TPSA) is 71.1 Å². The molecule has 0 bridgehead atoms. The second kappa shape index (κ2) is 7.74. The molecule has 0 saturated carbocycles. The first-order valence-corrected chi connectivity index (χ1v) is 7.91. The quantitative estimate of drug-likeness (QED) is 0.830. The van der Waals surface area contributed by atoms with Crippen LogP contribution in [0.5, 0.6) is 0 Å². The first kappa shape index (κ1) is 19.7. The van der Waals surface area contributed by atoms with Crippen molar-refractivity contribution in [3.05, 3.63) is 58.4 Å². The monoisotopic (exact) mass is 385 g/mol. The number of benzene rings is 1. The minimum atomic E-state index is -4.57. The van der Waals surface area contributed by atoms with Gasteiger partial charge in [0.25, 0.3) is 11.8 Å². The summed E-state index contributed by atoms with van der Waals surface area (Å²) in [5.41, 5.74) is -1.27. The highest BCUT2D eigenvalue weighted by Gasteiger charge is 2.31. The molecule has 0 atom stereocenters. The number of carbonyl (C=O) groups is 2. The van der Waals surface area contributed by atoms with Crippen molar-refractivity contribution >= 4 is 29.1 Å². The van der Waals surface area contributed by atoms with Gasteiger partial charge in [0.2, 0.25) is 0 Å². The Hall–Kier alpha value is -2.61. The predicted molar refractivity (Wildman–Crippen MR) is 91.2 cm³/mol. The summed E-state index contributed by atoms with van der Waals surface area (Å²) in [6, 6.07) is 6.67. The maximum atomic E-state index is 12.8. The third kappa shape index (κ3) is 4.95. The van der Waals surface area contributed by atoms with Crippen molar-refractivity contribution in [2.24, 2.45) is 0 Å². The van der Waals surface area contributed by atoms with E-state index in [9.17, 15) is 22.8 Å². The number of nitrogens with zero attached hydrogens (tertiary/aromatic N) is 1. The Morgan fingerprint density at radius 2 is 1.69 bits per heavy atom. The fourth-order valence-corrected chi connectivity index (χ4v) is 2.17. The average Bonchev–Trinajstić information content (AvgIpc) is 2.55. The van der Waals surface area contributed by atoms with Crippen LogP contribution in [-0.2, 0) is 6.18 Å². The fourth-order valence-electron chi connectivity index (χ4n) is 2.01. The van der Waals surface area contributed by atoms with Crippen LogP contribution in [0.25, 0.3) is 0 Å². The van der Waals surface area contributed by atoms with E-state index in [2.05, 4.69) is 15.6 Å². The van der Waals surface area contributed by atoms with Crippen LogP contribution in [0.2, 0.25) is 5.02 Å². The van der Waals surface area contributed by atoms with E-state index in [-0.39, 0.29) is 28.1 Å². The number of alkyl halides is 3. The van der Waals surface area contributed by atoms with Crippen LogP contribution in [0.15, 0.2) is 36.4 Å². The van der Waals surface area contributed by atoms with Gasteiger partial charge in [-0.05, 0) is 44.2 Å². The third-order valence-electron chi connectivity index (χ3n) is 3.18. The fraction of sp³-hybridized carbons (Fsp3) is 0.235. The lowest BCUT2D eigenvalue weighted by Gasteiger charge is -2.12. The molecular formula is C17H15ClF3N3O2. The molecule has 0 spiro atoms. The van der Waals surface area contributed by atoms with Crippen molar-refractivity contribution in [1.82, 2.24) is 10.3 Å². The molecule has 1 heterocycles. The van der Waals surface area contributed by atoms with Gasteiger partial charge in [-0.25, -0.2) is 4.98 Å². The molecule has 0 aliphatic rings. The van der Waals surface area contributed by atoms with Crippen LogP contribution in [0.4, 0.5) is 18.9 Å². The van der Waals surface area contributed by atoms with Crippen molar-refractivity contribution in [2.75, 3.05) is 5.32 Å². The molecule has 0 radical (unpaired) electrons. The van der Waals surface area contributed by atoms with Crippen LogP contribution >= 0.6 is 11.6 Å². The first-order valence-electron chi connectivity index (χ1n) is 7.54. The summed E-state index contributed by atoms with van der Waals surface area (Å²) >= 11 is 5.85. The lowest BCUT2D eigenvalue weighted by Crippen LogP contribution is -2.31. The maximum Gasteiger partial charge on any atom is 0.416 e. The number of rotatable bonds is 4. The Balaban J connectivity index is 2.24. The van der Waals surface area contributed by atoms with Gasteiger partial charge in [0.15, 0.2) is 0 Å². The molecule has 0 aliphatic heterocycles. The van der Waals surface area contributed by atoms with Gasteiger partial charge in [0.05, 0.1) is 16.3 Å². The average molecular weight is 386 g/mol. The van der Waals surface area contributed by atoms with E-state index >= 15 is 0 Å². The van der Waals surface area contributed by atoms with E-state index in [0.29, 0.717) is 0 Å². The van der Waals surface area contributed by atoms with E-state index in [1.165, 1.54) is 18.2 Å². The van der Waals surface area contributed by atoms with Crippen molar-refractivity contribution in [2.45, 2.75) is 26.1 Å². The van der Waals surface area contributed by atoms with Gasteiger partial charge in [-0.15, -0.1) is 0 Å². The largest absolute Gasteiger partial charge is 0.416 e. The van der Waals surface area contributed by atoms with Gasteiger partial charge in [0, 0.05) is 6.04 Å². The SMILES string of the molecule is CC(C)NC(=O)c1cccc(C(=O)Nc2cc(C(F)(F)F)ccc2Cl)n1. The summed E-state index contributed by atoms with van der Waals surface area (Å²) in [7, 11) is 0. The highest BCUT2D eigenvalue weighted by atomic mass is 35.5. The first-order chi connectivity index (χ1) is 12.1. The maximum absolute atomic E-state index is 12.8. The smallest absolute Gasteiger partial charge is 0.349 e. The molecule has 2 N–H and O–H groups in total. The summed E-state index contributed by atoms with van der Waals surface area (Å²) in [5, 5.41) is 4.85. The van der Waals surface area contributed by atoms with Crippen molar-refractivity contribution in [3.8, 4) is 0 Å².